The zero-order valence-electron chi connectivity index (χ0n) is 10.8. The summed E-state index contributed by atoms with van der Waals surface area (Å²) in [5.41, 5.74) is 0.724. The number of ether oxygens (including phenoxy) is 1. The summed E-state index contributed by atoms with van der Waals surface area (Å²) in [6, 6.07) is 7.53. The Balaban J connectivity index is 2.00. The molecule has 2 rings (SSSR count). The van der Waals surface area contributed by atoms with Crippen LogP contribution < -0.4 is 4.74 Å². The van der Waals surface area contributed by atoms with Gasteiger partial charge < -0.3 is 4.74 Å². The lowest BCUT2D eigenvalue weighted by Crippen LogP contribution is -2.11. The molecule has 2 heteroatoms. The molecule has 17 heavy (non-hydrogen) atoms. The molecule has 0 radical (unpaired) electrons. The highest BCUT2D eigenvalue weighted by Gasteiger charge is 2.44. The van der Waals surface area contributed by atoms with E-state index in [1.165, 1.54) is 0 Å². The molecule has 0 saturated heterocycles. The van der Waals surface area contributed by atoms with E-state index in [0.29, 0.717) is 12.5 Å². The molecule has 0 heterocycles. The molecule has 0 N–H and O–H groups in total. The summed E-state index contributed by atoms with van der Waals surface area (Å²) in [6.45, 7) is 6.99. The molecule has 0 bridgehead atoms. The third kappa shape index (κ3) is 2.87. The molecule has 1 aliphatic rings. The molecule has 0 aromatic heterocycles. The van der Waals surface area contributed by atoms with Crippen molar-refractivity contribution in [2.75, 3.05) is 6.61 Å². The molecule has 0 atom stereocenters. The molecule has 0 unspecified atom stereocenters. The quantitative estimate of drug-likeness (QED) is 0.723. The molecular formula is C15H20O2. The Kier molecular flexibility index (Phi) is 3.23. The van der Waals surface area contributed by atoms with Gasteiger partial charge in [0.25, 0.3) is 0 Å². The maximum absolute atomic E-state index is 12.1. The van der Waals surface area contributed by atoms with Crippen molar-refractivity contribution in [3.05, 3.63) is 29.8 Å². The van der Waals surface area contributed by atoms with E-state index in [2.05, 4.69) is 13.8 Å². The van der Waals surface area contributed by atoms with Crippen LogP contribution in [0.1, 0.15) is 44.0 Å². The third-order valence-electron chi connectivity index (χ3n) is 3.25. The van der Waals surface area contributed by atoms with Gasteiger partial charge in [-0.25, -0.2) is 0 Å². The predicted molar refractivity (Wildman–Crippen MR) is 68.4 cm³/mol. The Labute approximate surface area is 103 Å². The molecule has 1 fully saturated rings. The van der Waals surface area contributed by atoms with Crippen molar-refractivity contribution in [1.82, 2.24) is 0 Å². The van der Waals surface area contributed by atoms with Gasteiger partial charge in [-0.3, -0.25) is 4.79 Å². The predicted octanol–water partition coefficient (Wildman–Crippen LogP) is 3.70. The molecule has 1 aromatic carbocycles. The van der Waals surface area contributed by atoms with Gasteiger partial charge in [0.2, 0.25) is 0 Å². The van der Waals surface area contributed by atoms with Crippen molar-refractivity contribution in [2.45, 2.75) is 33.6 Å². The van der Waals surface area contributed by atoms with Crippen LogP contribution in [0.5, 0.6) is 5.75 Å². The Morgan fingerprint density at radius 1 is 1.29 bits per heavy atom. The molecule has 1 aromatic rings. The Bertz CT molecular complexity index is 399. The normalized spacial score (nSPS) is 16.9. The summed E-state index contributed by atoms with van der Waals surface area (Å²) in [7, 11) is 0. The van der Waals surface area contributed by atoms with Gasteiger partial charge in [-0.1, -0.05) is 20.8 Å². The highest BCUT2D eigenvalue weighted by atomic mass is 16.5. The van der Waals surface area contributed by atoms with E-state index < -0.39 is 0 Å². The van der Waals surface area contributed by atoms with Crippen LogP contribution >= 0.6 is 0 Å². The number of ketones is 1. The van der Waals surface area contributed by atoms with Gasteiger partial charge in [0, 0.05) is 11.0 Å². The molecule has 1 saturated carbocycles. The average molecular weight is 232 g/mol. The summed E-state index contributed by atoms with van der Waals surface area (Å²) in [5, 5.41) is 0. The van der Waals surface area contributed by atoms with Crippen molar-refractivity contribution in [2.24, 2.45) is 11.3 Å². The van der Waals surface area contributed by atoms with E-state index in [4.69, 9.17) is 4.74 Å². The maximum Gasteiger partial charge on any atom is 0.168 e. The van der Waals surface area contributed by atoms with Crippen LogP contribution in [-0.4, -0.2) is 12.4 Å². The summed E-state index contributed by atoms with van der Waals surface area (Å²) < 4.78 is 5.59. The largest absolute Gasteiger partial charge is 0.493 e. The third-order valence-corrected chi connectivity index (χ3v) is 3.25. The van der Waals surface area contributed by atoms with Crippen LogP contribution in [0, 0.1) is 11.3 Å². The number of hydrogen-bond donors (Lipinski definition) is 0. The first-order chi connectivity index (χ1) is 8.01. The summed E-state index contributed by atoms with van der Waals surface area (Å²) in [4.78, 5) is 12.1. The molecule has 0 spiro atoms. The lowest BCUT2D eigenvalue weighted by atomic mass is 9.97. The molecular weight excluding hydrogens is 212 g/mol. The van der Waals surface area contributed by atoms with Crippen LogP contribution in [0.4, 0.5) is 0 Å². The Hall–Kier alpha value is -1.31. The van der Waals surface area contributed by atoms with E-state index >= 15 is 0 Å². The minimum Gasteiger partial charge on any atom is -0.493 e. The standard InChI is InChI=1S/C15H20O2/c1-11(2)10-17-13-6-4-12(5-7-13)14(16)15(3)8-9-15/h4-7,11H,8-10H2,1-3H3. The van der Waals surface area contributed by atoms with Gasteiger partial charge in [-0.05, 0) is 43.0 Å². The lowest BCUT2D eigenvalue weighted by molar-refractivity contribution is 0.0912. The van der Waals surface area contributed by atoms with E-state index in [1.54, 1.807) is 0 Å². The Morgan fingerprint density at radius 3 is 2.35 bits per heavy atom. The van der Waals surface area contributed by atoms with Crippen molar-refractivity contribution < 1.29 is 9.53 Å². The number of carbonyl (C=O) groups excluding carboxylic acids is 1. The average Bonchev–Trinajstić information content (AvgIpc) is 3.06. The SMILES string of the molecule is CC(C)COc1ccc(C(=O)C2(C)CC2)cc1. The van der Waals surface area contributed by atoms with Gasteiger partial charge in [0.05, 0.1) is 6.61 Å². The first kappa shape index (κ1) is 12.2. The minimum absolute atomic E-state index is 0.0830. The zero-order chi connectivity index (χ0) is 12.5. The monoisotopic (exact) mass is 232 g/mol. The number of carbonyl (C=O) groups is 1. The molecule has 0 amide bonds. The Morgan fingerprint density at radius 2 is 1.88 bits per heavy atom. The van der Waals surface area contributed by atoms with Crippen LogP contribution in [0.2, 0.25) is 0 Å². The van der Waals surface area contributed by atoms with Gasteiger partial charge >= 0.3 is 0 Å². The summed E-state index contributed by atoms with van der Waals surface area (Å²) in [5.74, 6) is 1.63. The highest BCUT2D eigenvalue weighted by molar-refractivity contribution is 6.02. The number of hydrogen-bond acceptors (Lipinski definition) is 2. The molecule has 2 nitrogen and oxygen atoms in total. The van der Waals surface area contributed by atoms with Crippen molar-refractivity contribution >= 4 is 5.78 Å². The van der Waals surface area contributed by atoms with Crippen molar-refractivity contribution in [3.63, 3.8) is 0 Å². The summed E-state index contributed by atoms with van der Waals surface area (Å²) >= 11 is 0. The van der Waals surface area contributed by atoms with Gasteiger partial charge in [0.15, 0.2) is 5.78 Å². The highest BCUT2D eigenvalue weighted by Crippen LogP contribution is 2.47. The van der Waals surface area contributed by atoms with Crippen molar-refractivity contribution in [3.8, 4) is 5.75 Å². The second-order valence-corrected chi connectivity index (χ2v) is 5.62. The lowest BCUT2D eigenvalue weighted by Gasteiger charge is -2.10. The topological polar surface area (TPSA) is 26.3 Å². The van der Waals surface area contributed by atoms with Gasteiger partial charge in [0.1, 0.15) is 5.75 Å². The van der Waals surface area contributed by atoms with E-state index in [-0.39, 0.29) is 11.2 Å². The molecule has 92 valence electrons. The minimum atomic E-state index is -0.0830. The van der Waals surface area contributed by atoms with Crippen LogP contribution in [0.3, 0.4) is 0 Å². The fourth-order valence-corrected chi connectivity index (χ4v) is 1.73. The first-order valence-electron chi connectivity index (χ1n) is 6.29. The first-order valence-corrected chi connectivity index (χ1v) is 6.29. The zero-order valence-corrected chi connectivity index (χ0v) is 10.8. The molecule has 0 aliphatic heterocycles. The fraction of sp³-hybridized carbons (Fsp3) is 0.533. The smallest absolute Gasteiger partial charge is 0.168 e. The second-order valence-electron chi connectivity index (χ2n) is 5.62. The van der Waals surface area contributed by atoms with E-state index in [0.717, 1.165) is 24.2 Å². The maximum atomic E-state index is 12.1. The van der Waals surface area contributed by atoms with E-state index in [9.17, 15) is 4.79 Å². The van der Waals surface area contributed by atoms with Gasteiger partial charge in [-0.15, -0.1) is 0 Å². The number of benzene rings is 1. The second kappa shape index (κ2) is 4.52. The van der Waals surface area contributed by atoms with Crippen molar-refractivity contribution in [1.29, 1.82) is 0 Å². The van der Waals surface area contributed by atoms with E-state index in [1.807, 2.05) is 31.2 Å². The van der Waals surface area contributed by atoms with Crippen LogP contribution in [0.15, 0.2) is 24.3 Å². The van der Waals surface area contributed by atoms with Crippen LogP contribution in [0.25, 0.3) is 0 Å². The van der Waals surface area contributed by atoms with Crippen LogP contribution in [-0.2, 0) is 0 Å². The molecule has 1 aliphatic carbocycles. The summed E-state index contributed by atoms with van der Waals surface area (Å²) in [6.07, 6.45) is 2.05. The van der Waals surface area contributed by atoms with Gasteiger partial charge in [-0.2, -0.15) is 0 Å². The fourth-order valence-electron chi connectivity index (χ4n) is 1.73. The number of Topliss-reactive ketones (excluding diaryl/α,β-unsaturated/α-hetero) is 1. The number of rotatable bonds is 5.